The largest absolute Gasteiger partial charge is 0.460 e. The second kappa shape index (κ2) is 8.78. The molecule has 0 aliphatic carbocycles. The first-order valence-corrected chi connectivity index (χ1v) is 8.54. The van der Waals surface area contributed by atoms with Gasteiger partial charge in [-0.15, -0.1) is 0 Å². The fourth-order valence-electron chi connectivity index (χ4n) is 2.33. The van der Waals surface area contributed by atoms with Crippen LogP contribution in [0.4, 0.5) is 30.7 Å². The summed E-state index contributed by atoms with van der Waals surface area (Å²) in [6, 6.07) is 15.3. The van der Waals surface area contributed by atoms with E-state index in [1.165, 1.54) is 12.1 Å². The quantitative estimate of drug-likeness (QED) is 0.360. The first-order chi connectivity index (χ1) is 14.3. The van der Waals surface area contributed by atoms with Gasteiger partial charge in [-0.1, -0.05) is 42.5 Å². The summed E-state index contributed by atoms with van der Waals surface area (Å²) in [7, 11) is 0. The summed E-state index contributed by atoms with van der Waals surface area (Å²) in [5, 5.41) is 0. The van der Waals surface area contributed by atoms with Crippen molar-refractivity contribution < 1.29 is 40.3 Å². The number of benzene rings is 2. The van der Waals surface area contributed by atoms with Gasteiger partial charge in [-0.2, -0.15) is 30.7 Å². The second-order valence-corrected chi connectivity index (χ2v) is 6.36. The Hall–Kier alpha value is -3.37. The number of halogens is 7. The lowest BCUT2D eigenvalue weighted by molar-refractivity contribution is -0.342. The van der Waals surface area contributed by atoms with E-state index in [0.29, 0.717) is 0 Å². The zero-order chi connectivity index (χ0) is 23.4. The van der Waals surface area contributed by atoms with Crippen LogP contribution in [0.2, 0.25) is 0 Å². The highest BCUT2D eigenvalue weighted by atomic mass is 19.4. The lowest BCUT2D eigenvalue weighted by atomic mass is 10.0. The molecule has 0 radical (unpaired) electrons. The molecule has 11 heteroatoms. The van der Waals surface area contributed by atoms with Gasteiger partial charge in [0.15, 0.2) is 0 Å². The third kappa shape index (κ3) is 5.22. The fourth-order valence-corrected chi connectivity index (χ4v) is 2.33. The molecule has 0 saturated carbocycles. The molecule has 0 fully saturated rings. The Morgan fingerprint density at radius 3 is 1.81 bits per heavy atom. The number of allylic oxidation sites excluding steroid dienone is 2. The van der Waals surface area contributed by atoms with E-state index in [1.54, 1.807) is 12.1 Å². The van der Waals surface area contributed by atoms with Gasteiger partial charge >= 0.3 is 18.0 Å². The second-order valence-electron chi connectivity index (χ2n) is 6.36. The molecule has 0 heterocycles. The van der Waals surface area contributed by atoms with Crippen LogP contribution < -0.4 is 10.9 Å². The van der Waals surface area contributed by atoms with E-state index in [9.17, 15) is 40.3 Å². The molecule has 0 atom stereocenters. The summed E-state index contributed by atoms with van der Waals surface area (Å²) in [4.78, 5) is 23.4. The van der Waals surface area contributed by atoms with Crippen molar-refractivity contribution in [2.75, 3.05) is 0 Å². The van der Waals surface area contributed by atoms with Crippen molar-refractivity contribution in [2.45, 2.75) is 24.9 Å². The number of hydrazine groups is 1. The number of alkyl halides is 7. The summed E-state index contributed by atoms with van der Waals surface area (Å²) in [5.41, 5.74) is 5.26. The SMILES string of the molecule is C/C(=C\C(=O)C(F)(F)C(F)(F)C(F)(F)F)NNC(=O)c1ccc(-c2ccccc2)cc1. The van der Waals surface area contributed by atoms with Crippen molar-refractivity contribution in [3.63, 3.8) is 0 Å². The molecule has 0 aliphatic heterocycles. The van der Waals surface area contributed by atoms with E-state index in [4.69, 9.17) is 0 Å². The van der Waals surface area contributed by atoms with Crippen LogP contribution in [0.15, 0.2) is 66.4 Å². The summed E-state index contributed by atoms with van der Waals surface area (Å²) < 4.78 is 88.8. The number of hydrogen-bond acceptors (Lipinski definition) is 3. The van der Waals surface area contributed by atoms with Crippen molar-refractivity contribution in [3.8, 4) is 11.1 Å². The van der Waals surface area contributed by atoms with Gasteiger partial charge in [-0.25, -0.2) is 0 Å². The highest BCUT2D eigenvalue weighted by molar-refractivity contribution is 5.97. The zero-order valence-corrected chi connectivity index (χ0v) is 15.7. The first kappa shape index (κ1) is 23.9. The Kier molecular flexibility index (Phi) is 6.77. The molecule has 0 saturated heterocycles. The highest BCUT2D eigenvalue weighted by Crippen LogP contribution is 2.47. The van der Waals surface area contributed by atoms with Crippen LogP contribution in [0.5, 0.6) is 0 Å². The number of rotatable bonds is 7. The minimum absolute atomic E-state index is 0.125. The Morgan fingerprint density at radius 2 is 1.29 bits per heavy atom. The van der Waals surface area contributed by atoms with Crippen LogP contribution >= 0.6 is 0 Å². The zero-order valence-electron chi connectivity index (χ0n) is 15.7. The van der Waals surface area contributed by atoms with Crippen molar-refractivity contribution >= 4 is 11.7 Å². The molecule has 2 rings (SSSR count). The third-order valence-corrected chi connectivity index (χ3v) is 4.03. The van der Waals surface area contributed by atoms with Crippen LogP contribution in [0.25, 0.3) is 11.1 Å². The van der Waals surface area contributed by atoms with Gasteiger partial charge < -0.3 is 5.43 Å². The molecule has 0 aliphatic rings. The predicted octanol–water partition coefficient (Wildman–Crippen LogP) is 4.89. The number of hydrogen-bond donors (Lipinski definition) is 2. The van der Waals surface area contributed by atoms with Crippen LogP contribution in [0.1, 0.15) is 17.3 Å². The highest BCUT2D eigenvalue weighted by Gasteiger charge is 2.75. The van der Waals surface area contributed by atoms with Crippen LogP contribution in [0, 0.1) is 0 Å². The van der Waals surface area contributed by atoms with Crippen LogP contribution in [-0.4, -0.2) is 29.7 Å². The molecule has 2 N–H and O–H groups in total. The average molecular weight is 448 g/mol. The van der Waals surface area contributed by atoms with Crippen molar-refractivity contribution in [1.82, 2.24) is 10.9 Å². The minimum Gasteiger partial charge on any atom is -0.303 e. The van der Waals surface area contributed by atoms with Crippen molar-refractivity contribution in [3.05, 3.63) is 71.9 Å². The number of carbonyl (C=O) groups is 2. The number of nitrogens with one attached hydrogen (secondary N) is 2. The molecule has 31 heavy (non-hydrogen) atoms. The summed E-state index contributed by atoms with van der Waals surface area (Å²) in [5.74, 6) is -16.1. The smallest absolute Gasteiger partial charge is 0.303 e. The van der Waals surface area contributed by atoms with Gasteiger partial charge in [0.1, 0.15) is 0 Å². The van der Waals surface area contributed by atoms with Crippen LogP contribution in [0.3, 0.4) is 0 Å². The van der Waals surface area contributed by atoms with Crippen molar-refractivity contribution in [2.24, 2.45) is 0 Å². The molecule has 0 bridgehead atoms. The third-order valence-electron chi connectivity index (χ3n) is 4.03. The molecular weight excluding hydrogens is 433 g/mol. The number of amides is 1. The van der Waals surface area contributed by atoms with Gasteiger partial charge in [0.05, 0.1) is 0 Å². The molecule has 4 nitrogen and oxygen atoms in total. The maximum absolute atomic E-state index is 13.3. The van der Waals surface area contributed by atoms with Gasteiger partial charge in [-0.3, -0.25) is 15.0 Å². The topological polar surface area (TPSA) is 58.2 Å². The Labute approximate surface area is 171 Å². The van der Waals surface area contributed by atoms with E-state index in [0.717, 1.165) is 18.1 Å². The predicted molar refractivity (Wildman–Crippen MR) is 97.2 cm³/mol. The average Bonchev–Trinajstić information content (AvgIpc) is 2.71. The minimum atomic E-state index is -6.62. The molecule has 166 valence electrons. The number of ketones is 1. The lowest BCUT2D eigenvalue weighted by Gasteiger charge is -2.26. The Balaban J connectivity index is 2.03. The lowest BCUT2D eigenvalue weighted by Crippen LogP contribution is -2.55. The van der Waals surface area contributed by atoms with E-state index in [1.807, 2.05) is 41.2 Å². The molecule has 0 spiro atoms. The maximum atomic E-state index is 13.3. The molecule has 2 aromatic carbocycles. The van der Waals surface area contributed by atoms with E-state index >= 15 is 0 Å². The van der Waals surface area contributed by atoms with E-state index < -0.39 is 35.4 Å². The van der Waals surface area contributed by atoms with Gasteiger partial charge in [-0.05, 0) is 30.2 Å². The van der Waals surface area contributed by atoms with Gasteiger partial charge in [0.2, 0.25) is 5.78 Å². The van der Waals surface area contributed by atoms with Gasteiger partial charge in [0, 0.05) is 17.3 Å². The summed E-state index contributed by atoms with van der Waals surface area (Å²) in [6.45, 7) is 0.915. The maximum Gasteiger partial charge on any atom is 0.460 e. The van der Waals surface area contributed by atoms with Gasteiger partial charge in [0.25, 0.3) is 5.91 Å². The number of carbonyl (C=O) groups excluding carboxylic acids is 2. The molecule has 1 amide bonds. The normalized spacial score (nSPS) is 13.0. The van der Waals surface area contributed by atoms with Crippen LogP contribution in [-0.2, 0) is 4.79 Å². The molecule has 0 unspecified atom stereocenters. The monoisotopic (exact) mass is 448 g/mol. The first-order valence-electron chi connectivity index (χ1n) is 8.54. The van der Waals surface area contributed by atoms with E-state index in [2.05, 4.69) is 0 Å². The van der Waals surface area contributed by atoms with Crippen molar-refractivity contribution in [1.29, 1.82) is 0 Å². The molecular formula is C20H15F7N2O2. The summed E-state index contributed by atoms with van der Waals surface area (Å²) >= 11 is 0. The molecule has 0 aromatic heterocycles. The summed E-state index contributed by atoms with van der Waals surface area (Å²) in [6.07, 6.45) is -6.78. The fraction of sp³-hybridized carbons (Fsp3) is 0.200. The standard InChI is InChI=1S/C20H15F7N2O2/c1-12(11-16(30)18(21,22)19(23,24)20(25,26)27)28-29-17(31)15-9-7-14(8-10-15)13-5-3-2-4-6-13/h2-11,28H,1H3,(H,29,31)/b12-11+. The Morgan fingerprint density at radius 1 is 0.774 bits per heavy atom. The Bertz CT molecular complexity index is 969. The van der Waals surface area contributed by atoms with E-state index in [-0.39, 0.29) is 11.6 Å². The molecule has 2 aromatic rings.